The second-order valence-corrected chi connectivity index (χ2v) is 8.33. The summed E-state index contributed by atoms with van der Waals surface area (Å²) in [6.07, 6.45) is 3.74. The summed E-state index contributed by atoms with van der Waals surface area (Å²) in [7, 11) is 0. The number of rotatable bonds is 4. The van der Waals surface area contributed by atoms with Crippen molar-refractivity contribution < 1.29 is 9.90 Å². The van der Waals surface area contributed by atoms with Gasteiger partial charge in [-0.05, 0) is 42.7 Å². The van der Waals surface area contributed by atoms with Crippen LogP contribution in [0.3, 0.4) is 0 Å². The molecule has 2 fully saturated rings. The standard InChI is InChI=1S/C24H29NO2/c1-17-14-22-20(23(26)15-17)12-13-24(27)25(22)21(19-10-6-3-7-11-19)16-18-8-4-2-5-9-18/h2-11,17,20-23,26H,12-16H2,1H3/t17-,20-,21+,22+,23-/m0/s1. The lowest BCUT2D eigenvalue weighted by Gasteiger charge is -2.50. The molecule has 27 heavy (non-hydrogen) atoms. The molecule has 5 atom stereocenters. The maximum Gasteiger partial charge on any atom is 0.223 e. The summed E-state index contributed by atoms with van der Waals surface area (Å²) >= 11 is 0. The van der Waals surface area contributed by atoms with Gasteiger partial charge in [0, 0.05) is 18.4 Å². The van der Waals surface area contributed by atoms with E-state index in [2.05, 4.69) is 60.4 Å². The van der Waals surface area contributed by atoms with E-state index in [9.17, 15) is 9.90 Å². The minimum Gasteiger partial charge on any atom is -0.393 e. The first-order valence-corrected chi connectivity index (χ1v) is 10.2. The molecule has 1 heterocycles. The maximum absolute atomic E-state index is 13.1. The Morgan fingerprint density at radius 3 is 2.41 bits per heavy atom. The predicted octanol–water partition coefficient (Wildman–Crippen LogP) is 4.37. The van der Waals surface area contributed by atoms with Crippen molar-refractivity contribution in [2.24, 2.45) is 11.8 Å². The van der Waals surface area contributed by atoms with Gasteiger partial charge >= 0.3 is 0 Å². The van der Waals surface area contributed by atoms with Gasteiger partial charge in [-0.3, -0.25) is 4.79 Å². The number of piperidine rings is 1. The van der Waals surface area contributed by atoms with Crippen LogP contribution in [0.2, 0.25) is 0 Å². The number of benzene rings is 2. The van der Waals surface area contributed by atoms with E-state index < -0.39 is 0 Å². The van der Waals surface area contributed by atoms with Crippen LogP contribution in [0.15, 0.2) is 60.7 Å². The number of carbonyl (C=O) groups is 1. The highest BCUT2D eigenvalue weighted by molar-refractivity contribution is 5.78. The normalized spacial score (nSPS) is 29.3. The highest BCUT2D eigenvalue weighted by Gasteiger charge is 2.45. The Balaban J connectivity index is 1.71. The van der Waals surface area contributed by atoms with Crippen molar-refractivity contribution in [2.75, 3.05) is 0 Å². The number of amides is 1. The summed E-state index contributed by atoms with van der Waals surface area (Å²) in [5.74, 6) is 0.894. The first-order chi connectivity index (χ1) is 13.1. The fourth-order valence-corrected chi connectivity index (χ4v) is 5.13. The molecule has 0 bridgehead atoms. The fourth-order valence-electron chi connectivity index (χ4n) is 5.13. The number of aliphatic hydroxyl groups excluding tert-OH is 1. The lowest BCUT2D eigenvalue weighted by atomic mass is 9.71. The van der Waals surface area contributed by atoms with E-state index in [1.54, 1.807) is 0 Å². The van der Waals surface area contributed by atoms with Gasteiger partial charge in [0.2, 0.25) is 5.91 Å². The number of likely N-dealkylation sites (tertiary alicyclic amines) is 1. The molecule has 1 aliphatic heterocycles. The Labute approximate surface area is 162 Å². The molecule has 1 N–H and O–H groups in total. The van der Waals surface area contributed by atoms with Crippen LogP contribution < -0.4 is 0 Å². The number of fused-ring (bicyclic) bond motifs is 1. The third kappa shape index (κ3) is 3.79. The zero-order chi connectivity index (χ0) is 18.8. The van der Waals surface area contributed by atoms with Crippen LogP contribution in [0.5, 0.6) is 0 Å². The Morgan fingerprint density at radius 1 is 1.04 bits per heavy atom. The zero-order valence-electron chi connectivity index (χ0n) is 16.0. The van der Waals surface area contributed by atoms with Crippen molar-refractivity contribution >= 4 is 5.91 Å². The first kappa shape index (κ1) is 18.2. The average molecular weight is 364 g/mol. The molecular formula is C24H29NO2. The number of aliphatic hydroxyl groups is 1. The summed E-state index contributed by atoms with van der Waals surface area (Å²) in [6.45, 7) is 2.20. The molecule has 0 radical (unpaired) electrons. The average Bonchev–Trinajstić information content (AvgIpc) is 2.68. The van der Waals surface area contributed by atoms with Gasteiger partial charge in [0.25, 0.3) is 0 Å². The van der Waals surface area contributed by atoms with Gasteiger partial charge in [0.1, 0.15) is 0 Å². The molecule has 3 heteroatoms. The van der Waals surface area contributed by atoms with Crippen LogP contribution in [0.25, 0.3) is 0 Å². The molecule has 3 nitrogen and oxygen atoms in total. The summed E-state index contributed by atoms with van der Waals surface area (Å²) in [5.41, 5.74) is 2.42. The molecule has 1 amide bonds. The van der Waals surface area contributed by atoms with Crippen molar-refractivity contribution in [2.45, 2.75) is 57.2 Å². The molecule has 0 unspecified atom stereocenters. The third-order valence-corrected chi connectivity index (χ3v) is 6.40. The molecule has 1 aliphatic carbocycles. The minimum atomic E-state index is -0.289. The van der Waals surface area contributed by atoms with Crippen molar-refractivity contribution in [3.8, 4) is 0 Å². The molecule has 1 saturated heterocycles. The lowest BCUT2D eigenvalue weighted by Crippen LogP contribution is -2.56. The number of carbonyl (C=O) groups excluding carboxylic acids is 1. The lowest BCUT2D eigenvalue weighted by molar-refractivity contribution is -0.149. The van der Waals surface area contributed by atoms with Gasteiger partial charge in [-0.1, -0.05) is 67.6 Å². The SMILES string of the molecule is C[C@H]1C[C@@H]2[C@H](CCC(=O)N2[C@H](Cc2ccccc2)c2ccccc2)[C@@H](O)C1. The molecule has 2 aliphatic rings. The first-order valence-electron chi connectivity index (χ1n) is 10.2. The van der Waals surface area contributed by atoms with Crippen molar-refractivity contribution in [1.29, 1.82) is 0 Å². The fraction of sp³-hybridized carbons (Fsp3) is 0.458. The van der Waals surface area contributed by atoms with Gasteiger partial charge in [-0.25, -0.2) is 0 Å². The summed E-state index contributed by atoms with van der Waals surface area (Å²) in [6, 6.07) is 21.0. The van der Waals surface area contributed by atoms with Gasteiger partial charge in [0.05, 0.1) is 12.1 Å². The Bertz CT molecular complexity index is 760. The Kier molecular flexibility index (Phi) is 5.31. The van der Waals surface area contributed by atoms with E-state index >= 15 is 0 Å². The Hall–Kier alpha value is -2.13. The van der Waals surface area contributed by atoms with Gasteiger partial charge < -0.3 is 10.0 Å². The second-order valence-electron chi connectivity index (χ2n) is 8.33. The number of hydrogen-bond acceptors (Lipinski definition) is 2. The molecule has 1 saturated carbocycles. The van der Waals surface area contributed by atoms with E-state index in [0.717, 1.165) is 25.7 Å². The predicted molar refractivity (Wildman–Crippen MR) is 107 cm³/mol. The molecule has 4 rings (SSSR count). The topological polar surface area (TPSA) is 40.5 Å². The quantitative estimate of drug-likeness (QED) is 0.876. The third-order valence-electron chi connectivity index (χ3n) is 6.40. The van der Waals surface area contributed by atoms with Crippen LogP contribution in [0.1, 0.15) is 49.8 Å². The molecule has 2 aromatic rings. The molecule has 0 spiro atoms. The van der Waals surface area contributed by atoms with E-state index in [4.69, 9.17) is 0 Å². The maximum atomic E-state index is 13.1. The van der Waals surface area contributed by atoms with Crippen LogP contribution in [0.4, 0.5) is 0 Å². The van der Waals surface area contributed by atoms with E-state index in [1.165, 1.54) is 11.1 Å². The summed E-state index contributed by atoms with van der Waals surface area (Å²) in [4.78, 5) is 15.2. The smallest absolute Gasteiger partial charge is 0.223 e. The summed E-state index contributed by atoms with van der Waals surface area (Å²) < 4.78 is 0. The van der Waals surface area contributed by atoms with Crippen molar-refractivity contribution in [3.63, 3.8) is 0 Å². The monoisotopic (exact) mass is 363 g/mol. The van der Waals surface area contributed by atoms with Crippen molar-refractivity contribution in [1.82, 2.24) is 4.90 Å². The second kappa shape index (κ2) is 7.85. The highest BCUT2D eigenvalue weighted by Crippen LogP contribution is 2.42. The van der Waals surface area contributed by atoms with Gasteiger partial charge in [0.15, 0.2) is 0 Å². The van der Waals surface area contributed by atoms with E-state index in [1.807, 2.05) is 12.1 Å². The number of nitrogens with zero attached hydrogens (tertiary/aromatic N) is 1. The molecular weight excluding hydrogens is 334 g/mol. The molecule has 2 aromatic carbocycles. The zero-order valence-corrected chi connectivity index (χ0v) is 16.0. The molecule has 0 aromatic heterocycles. The van der Waals surface area contributed by atoms with E-state index in [-0.39, 0.29) is 30.0 Å². The van der Waals surface area contributed by atoms with Gasteiger partial charge in [-0.2, -0.15) is 0 Å². The summed E-state index contributed by atoms with van der Waals surface area (Å²) in [5, 5.41) is 10.7. The van der Waals surface area contributed by atoms with Crippen molar-refractivity contribution in [3.05, 3.63) is 71.8 Å². The van der Waals surface area contributed by atoms with Crippen LogP contribution in [-0.4, -0.2) is 28.1 Å². The highest BCUT2D eigenvalue weighted by atomic mass is 16.3. The van der Waals surface area contributed by atoms with E-state index in [0.29, 0.717) is 12.3 Å². The Morgan fingerprint density at radius 2 is 1.70 bits per heavy atom. The minimum absolute atomic E-state index is 0.0198. The van der Waals surface area contributed by atoms with Gasteiger partial charge in [-0.15, -0.1) is 0 Å². The largest absolute Gasteiger partial charge is 0.393 e. The van der Waals surface area contributed by atoms with Crippen LogP contribution >= 0.6 is 0 Å². The molecule has 142 valence electrons. The number of hydrogen-bond donors (Lipinski definition) is 1. The van der Waals surface area contributed by atoms with Crippen LogP contribution in [0, 0.1) is 11.8 Å². The van der Waals surface area contributed by atoms with Crippen LogP contribution in [-0.2, 0) is 11.2 Å².